The fraction of sp³-hybridized carbons (Fsp3) is 0.0556. The van der Waals surface area contributed by atoms with Gasteiger partial charge in [0.2, 0.25) is 0 Å². The Balaban J connectivity index is 1.76. The van der Waals surface area contributed by atoms with Crippen molar-refractivity contribution in [1.29, 1.82) is 0 Å². The number of fused-ring (bicyclic) bond motifs is 1. The minimum Gasteiger partial charge on any atom is -0.321 e. The summed E-state index contributed by atoms with van der Waals surface area (Å²) in [6, 6.07) is 9.55. The summed E-state index contributed by atoms with van der Waals surface area (Å²) in [7, 11) is 0. The lowest BCUT2D eigenvalue weighted by atomic mass is 10.2. The Labute approximate surface area is 186 Å². The first-order chi connectivity index (χ1) is 14.1. The van der Waals surface area contributed by atoms with Gasteiger partial charge in [-0.05, 0) is 36.4 Å². The van der Waals surface area contributed by atoms with Gasteiger partial charge in [-0.3, -0.25) is 4.79 Å². The molecule has 4 aromatic rings. The molecule has 0 saturated carbocycles. The first-order valence-electron chi connectivity index (χ1n) is 8.12. The molecule has 4 rings (SSSR count). The van der Waals surface area contributed by atoms with Gasteiger partial charge in [-0.2, -0.15) is 18.3 Å². The number of halogens is 6. The molecular formula is C18H8Cl3F3N4OS. The van der Waals surface area contributed by atoms with Crippen molar-refractivity contribution >= 4 is 63.4 Å². The molecule has 30 heavy (non-hydrogen) atoms. The molecule has 0 aliphatic rings. The minimum atomic E-state index is -4.72. The predicted molar refractivity (Wildman–Crippen MR) is 111 cm³/mol. The fourth-order valence-corrected chi connectivity index (χ4v) is 3.94. The largest absolute Gasteiger partial charge is 0.433 e. The quantitative estimate of drug-likeness (QED) is 0.347. The summed E-state index contributed by atoms with van der Waals surface area (Å²) in [5.74, 6) is -0.729. The zero-order chi connectivity index (χ0) is 21.6. The molecule has 1 amide bonds. The summed E-state index contributed by atoms with van der Waals surface area (Å²) < 4.78 is 41.9. The van der Waals surface area contributed by atoms with E-state index in [2.05, 4.69) is 15.4 Å². The maximum absolute atomic E-state index is 13.6. The van der Waals surface area contributed by atoms with Gasteiger partial charge in [0.05, 0.1) is 25.0 Å². The maximum atomic E-state index is 13.6. The SMILES string of the molecule is O=C(Nc1ccc(Cl)c(Cl)c1)c1cc2nc(-c3ccc(Cl)s3)cc(C(F)(F)F)n2n1. The molecule has 1 N–H and O–H groups in total. The number of carbonyl (C=O) groups excluding carboxylic acids is 1. The van der Waals surface area contributed by atoms with Crippen LogP contribution in [0.2, 0.25) is 14.4 Å². The zero-order valence-electron chi connectivity index (χ0n) is 14.5. The first kappa shape index (κ1) is 20.9. The van der Waals surface area contributed by atoms with Crippen LogP contribution in [0.25, 0.3) is 16.2 Å². The number of nitrogens with zero attached hydrogens (tertiary/aromatic N) is 3. The van der Waals surface area contributed by atoms with Crippen molar-refractivity contribution < 1.29 is 18.0 Å². The molecule has 0 bridgehead atoms. The van der Waals surface area contributed by atoms with Crippen LogP contribution in [0.3, 0.4) is 0 Å². The lowest BCUT2D eigenvalue weighted by Gasteiger charge is -2.10. The van der Waals surface area contributed by atoms with Gasteiger partial charge in [-0.15, -0.1) is 11.3 Å². The van der Waals surface area contributed by atoms with E-state index in [0.29, 0.717) is 24.4 Å². The molecule has 12 heteroatoms. The van der Waals surface area contributed by atoms with E-state index in [4.69, 9.17) is 34.8 Å². The Bertz CT molecular complexity index is 1290. The van der Waals surface area contributed by atoms with Crippen molar-refractivity contribution in [2.24, 2.45) is 0 Å². The summed E-state index contributed by atoms with van der Waals surface area (Å²) >= 11 is 18.7. The number of hydrogen-bond acceptors (Lipinski definition) is 4. The number of alkyl halides is 3. The van der Waals surface area contributed by atoms with E-state index in [1.807, 2.05) is 0 Å². The molecule has 0 saturated heterocycles. The van der Waals surface area contributed by atoms with E-state index in [1.54, 1.807) is 12.1 Å². The van der Waals surface area contributed by atoms with Crippen LogP contribution in [-0.2, 0) is 6.18 Å². The number of anilines is 1. The average molecular weight is 492 g/mol. The van der Waals surface area contributed by atoms with Gasteiger partial charge in [0, 0.05) is 11.8 Å². The number of hydrogen-bond donors (Lipinski definition) is 1. The highest BCUT2D eigenvalue weighted by Gasteiger charge is 2.35. The highest BCUT2D eigenvalue weighted by molar-refractivity contribution is 7.19. The van der Waals surface area contributed by atoms with Crippen molar-refractivity contribution in [2.45, 2.75) is 6.18 Å². The molecule has 3 aromatic heterocycles. The third-order valence-corrected chi connectivity index (χ3v) is 5.95. The fourth-order valence-electron chi connectivity index (χ4n) is 2.63. The maximum Gasteiger partial charge on any atom is 0.433 e. The molecule has 1 aromatic carbocycles. The predicted octanol–water partition coefficient (Wildman–Crippen LogP) is 6.69. The summed E-state index contributed by atoms with van der Waals surface area (Å²) in [6.45, 7) is 0. The number of thiophene rings is 1. The highest BCUT2D eigenvalue weighted by atomic mass is 35.5. The molecule has 5 nitrogen and oxygen atoms in total. The van der Waals surface area contributed by atoms with Crippen LogP contribution < -0.4 is 5.32 Å². The second-order valence-electron chi connectivity index (χ2n) is 6.01. The normalized spacial score (nSPS) is 11.8. The lowest BCUT2D eigenvalue weighted by molar-refractivity contribution is -0.142. The Morgan fingerprint density at radius 2 is 1.80 bits per heavy atom. The van der Waals surface area contributed by atoms with Crippen molar-refractivity contribution in [3.05, 3.63) is 68.2 Å². The topological polar surface area (TPSA) is 59.3 Å². The molecule has 3 heterocycles. The number of carbonyl (C=O) groups is 1. The van der Waals surface area contributed by atoms with Gasteiger partial charge in [0.25, 0.3) is 5.91 Å². The molecule has 0 atom stereocenters. The van der Waals surface area contributed by atoms with Crippen LogP contribution in [-0.4, -0.2) is 20.5 Å². The van der Waals surface area contributed by atoms with E-state index in [-0.39, 0.29) is 22.1 Å². The third-order valence-electron chi connectivity index (χ3n) is 3.95. The Hall–Kier alpha value is -2.33. The molecule has 0 radical (unpaired) electrons. The standard InChI is InChI=1S/C18H8Cl3F3N4OS/c19-9-2-1-8(5-10(9)20)25-17(29)12-7-16-26-11(13-3-4-15(21)30-13)6-14(18(22,23)24)28(16)27-12/h1-7H,(H,25,29). The van der Waals surface area contributed by atoms with E-state index in [1.165, 1.54) is 24.3 Å². The van der Waals surface area contributed by atoms with Crippen LogP contribution in [0.5, 0.6) is 0 Å². The Morgan fingerprint density at radius 3 is 2.43 bits per heavy atom. The lowest BCUT2D eigenvalue weighted by Crippen LogP contribution is -2.15. The van der Waals surface area contributed by atoms with Crippen LogP contribution in [0.1, 0.15) is 16.2 Å². The van der Waals surface area contributed by atoms with E-state index >= 15 is 0 Å². The molecule has 0 spiro atoms. The van der Waals surface area contributed by atoms with Crippen molar-refractivity contribution in [2.75, 3.05) is 5.32 Å². The number of amides is 1. The zero-order valence-corrected chi connectivity index (χ0v) is 17.6. The molecular weight excluding hydrogens is 484 g/mol. The number of nitrogens with one attached hydrogen (secondary N) is 1. The molecule has 0 aliphatic heterocycles. The first-order valence-corrected chi connectivity index (χ1v) is 10.1. The molecule has 0 unspecified atom stereocenters. The van der Waals surface area contributed by atoms with Gasteiger partial charge in [-0.1, -0.05) is 34.8 Å². The summed E-state index contributed by atoms with van der Waals surface area (Å²) in [6.07, 6.45) is -4.72. The van der Waals surface area contributed by atoms with Gasteiger partial charge in [0.1, 0.15) is 0 Å². The second-order valence-corrected chi connectivity index (χ2v) is 8.54. The average Bonchev–Trinajstić information content (AvgIpc) is 3.29. The van der Waals surface area contributed by atoms with E-state index in [9.17, 15) is 18.0 Å². The van der Waals surface area contributed by atoms with Crippen molar-refractivity contribution in [1.82, 2.24) is 14.6 Å². The third kappa shape index (κ3) is 4.11. The Kier molecular flexibility index (Phi) is 5.39. The van der Waals surface area contributed by atoms with Gasteiger partial charge in [0.15, 0.2) is 17.0 Å². The smallest absolute Gasteiger partial charge is 0.321 e. The van der Waals surface area contributed by atoms with Crippen LogP contribution in [0.15, 0.2) is 42.5 Å². The monoisotopic (exact) mass is 490 g/mol. The Morgan fingerprint density at radius 1 is 1.03 bits per heavy atom. The van der Waals surface area contributed by atoms with Gasteiger partial charge in [-0.25, -0.2) is 9.50 Å². The summed E-state index contributed by atoms with van der Waals surface area (Å²) in [4.78, 5) is 17.2. The molecule has 154 valence electrons. The van der Waals surface area contributed by atoms with Crippen molar-refractivity contribution in [3.63, 3.8) is 0 Å². The summed E-state index contributed by atoms with van der Waals surface area (Å²) in [5, 5.41) is 6.82. The molecule has 0 aliphatic carbocycles. The van der Waals surface area contributed by atoms with Crippen LogP contribution in [0.4, 0.5) is 18.9 Å². The van der Waals surface area contributed by atoms with E-state index < -0.39 is 17.8 Å². The van der Waals surface area contributed by atoms with E-state index in [0.717, 1.165) is 17.4 Å². The van der Waals surface area contributed by atoms with Gasteiger partial charge >= 0.3 is 6.18 Å². The van der Waals surface area contributed by atoms with Gasteiger partial charge < -0.3 is 5.32 Å². The minimum absolute atomic E-state index is 0.0723. The number of aromatic nitrogens is 3. The number of benzene rings is 1. The second kappa shape index (κ2) is 7.73. The molecule has 0 fully saturated rings. The van der Waals surface area contributed by atoms with Crippen LogP contribution in [0, 0.1) is 0 Å². The van der Waals surface area contributed by atoms with Crippen LogP contribution >= 0.6 is 46.1 Å². The summed E-state index contributed by atoms with van der Waals surface area (Å²) in [5.41, 5.74) is -1.07. The van der Waals surface area contributed by atoms with Crippen molar-refractivity contribution in [3.8, 4) is 10.6 Å². The number of rotatable bonds is 3. The highest BCUT2D eigenvalue weighted by Crippen LogP contribution is 2.35.